The van der Waals surface area contributed by atoms with Gasteiger partial charge < -0.3 is 18.9 Å². The van der Waals surface area contributed by atoms with Gasteiger partial charge in [0.2, 0.25) is 0 Å². The zero-order valence-corrected chi connectivity index (χ0v) is 24.9. The van der Waals surface area contributed by atoms with Crippen LogP contribution in [0.25, 0.3) is 21.0 Å². The fraction of sp³-hybridized carbons (Fsp3) is 0.214. The maximum absolute atomic E-state index is 13.6. The highest BCUT2D eigenvalue weighted by Crippen LogP contribution is 2.38. The number of ether oxygens (including phenoxy) is 4. The molecule has 2 aromatic heterocycles. The number of fused-ring (bicyclic) bond motifs is 2. The Morgan fingerprint density at radius 3 is 2.25 bits per heavy atom. The van der Waals surface area contributed by atoms with Crippen molar-refractivity contribution in [2.75, 3.05) is 39.4 Å². The number of nitrogens with one attached hydrogen (secondary N) is 1. The van der Waals surface area contributed by atoms with Crippen LogP contribution < -0.4 is 23.7 Å². The topological polar surface area (TPSA) is 109 Å². The van der Waals surface area contributed by atoms with Crippen molar-refractivity contribution in [3.05, 3.63) is 66.0 Å². The highest BCUT2D eigenvalue weighted by molar-refractivity contribution is 8.00. The highest BCUT2D eigenvalue weighted by Gasteiger charge is 2.21. The van der Waals surface area contributed by atoms with Gasteiger partial charge >= 0.3 is 0 Å². The predicted octanol–water partition coefficient (Wildman–Crippen LogP) is 5.99. The number of nitrogens with zero attached hydrogens (tertiary/aromatic N) is 2. The zero-order chi connectivity index (χ0) is 28.4. The Kier molecular flexibility index (Phi) is 7.92. The van der Waals surface area contributed by atoms with E-state index in [9.17, 15) is 8.42 Å². The van der Waals surface area contributed by atoms with E-state index in [2.05, 4.69) is 14.7 Å². The molecule has 0 saturated heterocycles. The molecule has 0 spiro atoms. The quantitative estimate of drug-likeness (QED) is 0.194. The number of hydrogen-bond donors (Lipinski definition) is 1. The van der Waals surface area contributed by atoms with Gasteiger partial charge in [-0.25, -0.2) is 13.4 Å². The highest BCUT2D eigenvalue weighted by atomic mass is 32.2. The van der Waals surface area contributed by atoms with Gasteiger partial charge in [-0.05, 0) is 59.7 Å². The van der Waals surface area contributed by atoms with Crippen molar-refractivity contribution >= 4 is 59.8 Å². The first kappa shape index (κ1) is 27.8. The summed E-state index contributed by atoms with van der Waals surface area (Å²) in [7, 11) is 2.24. The number of sulfonamides is 1. The molecule has 0 radical (unpaired) electrons. The van der Waals surface area contributed by atoms with Crippen LogP contribution in [0, 0.1) is 0 Å². The molecule has 208 valence electrons. The summed E-state index contributed by atoms with van der Waals surface area (Å²) >= 11 is 2.97. The van der Waals surface area contributed by atoms with Crippen LogP contribution >= 0.6 is 23.1 Å². The second-order valence-electron chi connectivity index (χ2n) is 8.65. The van der Waals surface area contributed by atoms with Gasteiger partial charge in [-0.2, -0.15) is 0 Å². The molecule has 1 N–H and O–H groups in total. The van der Waals surface area contributed by atoms with Gasteiger partial charge in [0.1, 0.15) is 0 Å². The van der Waals surface area contributed by atoms with E-state index in [0.29, 0.717) is 40.7 Å². The normalized spacial score (nSPS) is 11.5. The standard InChI is InChI=1S/C28H27N3O6S3/c1-34-23-11-16-8-9-29-22(19(16)14-25(23)36-3)10-17-12-24(35-2)26(37-4)15-21(17)31-40(32,33)18-6-7-20-27(13-18)39-28(30-20)38-5/h6-9,11-15,31H,10H2,1-5H3. The zero-order valence-electron chi connectivity index (χ0n) is 22.5. The van der Waals surface area contributed by atoms with Crippen molar-refractivity contribution in [2.45, 2.75) is 15.7 Å². The van der Waals surface area contributed by atoms with Crippen LogP contribution in [0.1, 0.15) is 11.3 Å². The molecular formula is C28H27N3O6S3. The Bertz CT molecular complexity index is 1820. The minimum Gasteiger partial charge on any atom is -0.493 e. The minimum atomic E-state index is -3.95. The Labute approximate surface area is 240 Å². The third-order valence-corrected chi connectivity index (χ3v) is 9.75. The third-order valence-electron chi connectivity index (χ3n) is 6.39. The van der Waals surface area contributed by atoms with E-state index in [4.69, 9.17) is 18.9 Å². The number of benzene rings is 3. The molecule has 0 atom stereocenters. The van der Waals surface area contributed by atoms with E-state index in [1.807, 2.05) is 24.5 Å². The molecular weight excluding hydrogens is 571 g/mol. The third kappa shape index (κ3) is 5.34. The van der Waals surface area contributed by atoms with Crippen LogP contribution in [0.15, 0.2) is 64.0 Å². The maximum atomic E-state index is 13.6. The lowest BCUT2D eigenvalue weighted by atomic mass is 10.0. The summed E-state index contributed by atoms with van der Waals surface area (Å²) in [5.41, 5.74) is 2.49. The number of thioether (sulfide) groups is 1. The largest absolute Gasteiger partial charge is 0.493 e. The number of hydrogen-bond acceptors (Lipinski definition) is 10. The molecule has 0 fully saturated rings. The lowest BCUT2D eigenvalue weighted by Gasteiger charge is -2.17. The Balaban J connectivity index is 1.59. The lowest BCUT2D eigenvalue weighted by Crippen LogP contribution is -2.15. The van der Waals surface area contributed by atoms with Crippen LogP contribution in [-0.2, 0) is 16.4 Å². The number of thiazole rings is 1. The van der Waals surface area contributed by atoms with Crippen molar-refractivity contribution in [3.8, 4) is 23.0 Å². The van der Waals surface area contributed by atoms with Crippen molar-refractivity contribution < 1.29 is 27.4 Å². The summed E-state index contributed by atoms with van der Waals surface area (Å²) in [6.07, 6.45) is 3.95. The Hall–Kier alpha value is -3.74. The fourth-order valence-electron chi connectivity index (χ4n) is 4.39. The molecule has 5 aromatic rings. The molecule has 0 saturated carbocycles. The summed E-state index contributed by atoms with van der Waals surface area (Å²) < 4.78 is 53.6. The summed E-state index contributed by atoms with van der Waals surface area (Å²) in [6.45, 7) is 0. The van der Waals surface area contributed by atoms with Gasteiger partial charge in [0.05, 0.1) is 54.9 Å². The van der Waals surface area contributed by atoms with Crippen LogP contribution in [0.3, 0.4) is 0 Å². The van der Waals surface area contributed by atoms with Crippen LogP contribution in [0.2, 0.25) is 0 Å². The van der Waals surface area contributed by atoms with E-state index in [-0.39, 0.29) is 4.90 Å². The van der Waals surface area contributed by atoms with E-state index >= 15 is 0 Å². The molecule has 9 nitrogen and oxygen atoms in total. The first-order valence-electron chi connectivity index (χ1n) is 12.0. The number of rotatable bonds is 10. The first-order valence-corrected chi connectivity index (χ1v) is 15.5. The maximum Gasteiger partial charge on any atom is 0.261 e. The minimum absolute atomic E-state index is 0.136. The van der Waals surface area contributed by atoms with E-state index in [1.165, 1.54) is 37.3 Å². The van der Waals surface area contributed by atoms with E-state index < -0.39 is 10.0 Å². The van der Waals surface area contributed by atoms with Crippen molar-refractivity contribution in [1.29, 1.82) is 0 Å². The number of aromatic nitrogens is 2. The van der Waals surface area contributed by atoms with Gasteiger partial charge in [-0.3, -0.25) is 9.71 Å². The fourth-order valence-corrected chi connectivity index (χ4v) is 7.11. The predicted molar refractivity (Wildman–Crippen MR) is 159 cm³/mol. The van der Waals surface area contributed by atoms with Gasteiger partial charge in [0.25, 0.3) is 10.0 Å². The molecule has 2 heterocycles. The molecule has 0 unspecified atom stereocenters. The van der Waals surface area contributed by atoms with Gasteiger partial charge in [-0.1, -0.05) is 11.8 Å². The van der Waals surface area contributed by atoms with Crippen molar-refractivity contribution in [3.63, 3.8) is 0 Å². The number of methoxy groups -OCH3 is 4. The molecule has 0 bridgehead atoms. The molecule has 0 aliphatic carbocycles. The molecule has 5 rings (SSSR count). The van der Waals surface area contributed by atoms with Gasteiger partial charge in [0.15, 0.2) is 27.3 Å². The molecule has 0 aliphatic heterocycles. The Morgan fingerprint density at radius 1 is 0.875 bits per heavy atom. The van der Waals surface area contributed by atoms with Gasteiger partial charge in [-0.15, -0.1) is 11.3 Å². The number of anilines is 1. The second kappa shape index (κ2) is 11.4. The molecule has 3 aromatic carbocycles. The van der Waals surface area contributed by atoms with Gasteiger partial charge in [0, 0.05) is 24.1 Å². The van der Waals surface area contributed by atoms with E-state index in [1.54, 1.807) is 50.7 Å². The van der Waals surface area contributed by atoms with Crippen LogP contribution in [0.5, 0.6) is 23.0 Å². The van der Waals surface area contributed by atoms with Crippen LogP contribution in [0.4, 0.5) is 5.69 Å². The lowest BCUT2D eigenvalue weighted by molar-refractivity contribution is 0.355. The van der Waals surface area contributed by atoms with Crippen LogP contribution in [-0.4, -0.2) is 53.1 Å². The van der Waals surface area contributed by atoms with Crippen molar-refractivity contribution in [1.82, 2.24) is 9.97 Å². The molecule has 0 amide bonds. The molecule has 0 aliphatic rings. The second-order valence-corrected chi connectivity index (χ2v) is 12.4. The van der Waals surface area contributed by atoms with Crippen molar-refractivity contribution in [2.24, 2.45) is 0 Å². The first-order chi connectivity index (χ1) is 19.3. The Morgan fingerprint density at radius 2 is 1.55 bits per heavy atom. The summed E-state index contributed by atoms with van der Waals surface area (Å²) in [5.74, 6) is 2.04. The average Bonchev–Trinajstić information content (AvgIpc) is 3.39. The summed E-state index contributed by atoms with van der Waals surface area (Å²) in [4.78, 5) is 9.26. The summed E-state index contributed by atoms with van der Waals surface area (Å²) in [6, 6.07) is 13.9. The average molecular weight is 598 g/mol. The monoisotopic (exact) mass is 597 g/mol. The smallest absolute Gasteiger partial charge is 0.261 e. The number of pyridine rings is 1. The summed E-state index contributed by atoms with van der Waals surface area (Å²) in [5, 5.41) is 1.76. The SMILES string of the molecule is COc1cc(Cc2nccc3cc(OC)c(OC)cc23)c(NS(=O)(=O)c2ccc3nc(SC)sc3c2)cc1OC. The van der Waals surface area contributed by atoms with E-state index in [0.717, 1.165) is 31.0 Å². The molecule has 12 heteroatoms. The molecule has 40 heavy (non-hydrogen) atoms.